The number of hydrogen-bond donors (Lipinski definition) is 2. The molecule has 0 aromatic heterocycles. The van der Waals surface area contributed by atoms with Gasteiger partial charge in [0.2, 0.25) is 0 Å². The minimum absolute atomic E-state index is 0.0846. The van der Waals surface area contributed by atoms with Crippen LogP contribution in [0.3, 0.4) is 0 Å². The Balaban J connectivity index is 2.25. The van der Waals surface area contributed by atoms with E-state index in [1.54, 1.807) is 0 Å². The Hall–Kier alpha value is -2.50. The summed E-state index contributed by atoms with van der Waals surface area (Å²) in [7, 11) is 0. The van der Waals surface area contributed by atoms with E-state index in [4.69, 9.17) is 5.73 Å². The molecule has 0 heterocycles. The second-order valence-corrected chi connectivity index (χ2v) is 4.53. The third-order valence-electron chi connectivity index (χ3n) is 3.08. The first kappa shape index (κ1) is 14.9. The third kappa shape index (κ3) is 2.99. The summed E-state index contributed by atoms with van der Waals surface area (Å²) in [4.78, 5) is 12.0. The van der Waals surface area contributed by atoms with Crippen LogP contribution in [0.1, 0.15) is 28.9 Å². The molecule has 6 heteroatoms. The summed E-state index contributed by atoms with van der Waals surface area (Å²) < 4.78 is 40.5. The molecule has 2 aromatic rings. The Morgan fingerprint density at radius 1 is 1.05 bits per heavy atom. The van der Waals surface area contributed by atoms with E-state index in [1.807, 2.05) is 0 Å². The molecule has 0 spiro atoms. The zero-order chi connectivity index (χ0) is 15.6. The van der Waals surface area contributed by atoms with Gasteiger partial charge in [-0.15, -0.1) is 0 Å². The number of hydrogen-bond acceptors (Lipinski definition) is 2. The topological polar surface area (TPSA) is 55.1 Å². The van der Waals surface area contributed by atoms with Gasteiger partial charge in [-0.25, -0.2) is 13.2 Å². The van der Waals surface area contributed by atoms with Gasteiger partial charge in [-0.05, 0) is 31.2 Å². The van der Waals surface area contributed by atoms with Gasteiger partial charge in [0, 0.05) is 5.56 Å². The van der Waals surface area contributed by atoms with Crippen molar-refractivity contribution in [1.82, 2.24) is 5.32 Å². The van der Waals surface area contributed by atoms with Crippen LogP contribution in [0, 0.1) is 17.5 Å². The van der Waals surface area contributed by atoms with Gasteiger partial charge in [-0.2, -0.15) is 0 Å². The van der Waals surface area contributed by atoms with E-state index < -0.39 is 29.4 Å². The molecule has 0 fully saturated rings. The number of rotatable bonds is 3. The van der Waals surface area contributed by atoms with Crippen molar-refractivity contribution in [3.05, 3.63) is 65.0 Å². The Kier molecular flexibility index (Phi) is 4.16. The molecule has 110 valence electrons. The smallest absolute Gasteiger partial charge is 0.253 e. The summed E-state index contributed by atoms with van der Waals surface area (Å²) >= 11 is 0. The van der Waals surface area contributed by atoms with Crippen LogP contribution < -0.4 is 11.1 Å². The van der Waals surface area contributed by atoms with Crippen LogP contribution in [0.5, 0.6) is 0 Å². The molecule has 21 heavy (non-hydrogen) atoms. The van der Waals surface area contributed by atoms with E-state index in [0.29, 0.717) is 0 Å². The number of para-hydroxylation sites is 1. The minimum atomic E-state index is -0.929. The highest BCUT2D eigenvalue weighted by atomic mass is 19.1. The molecule has 3 nitrogen and oxygen atoms in total. The predicted octanol–water partition coefficient (Wildman–Crippen LogP) is 3.18. The Bertz CT molecular complexity index is 668. The van der Waals surface area contributed by atoms with E-state index in [-0.39, 0.29) is 16.8 Å². The molecule has 0 aliphatic carbocycles. The van der Waals surface area contributed by atoms with Crippen molar-refractivity contribution < 1.29 is 18.0 Å². The van der Waals surface area contributed by atoms with Crippen molar-refractivity contribution in [2.75, 3.05) is 5.73 Å². The van der Waals surface area contributed by atoms with Crippen LogP contribution in [0.2, 0.25) is 0 Å². The number of amides is 1. The molecule has 2 rings (SSSR count). The lowest BCUT2D eigenvalue weighted by atomic mass is 10.1. The quantitative estimate of drug-likeness (QED) is 0.854. The minimum Gasteiger partial charge on any atom is -0.396 e. The van der Waals surface area contributed by atoms with Gasteiger partial charge in [0.05, 0.1) is 17.3 Å². The first-order chi connectivity index (χ1) is 9.91. The highest BCUT2D eigenvalue weighted by Crippen LogP contribution is 2.22. The zero-order valence-corrected chi connectivity index (χ0v) is 11.2. The molecule has 2 aromatic carbocycles. The number of halogens is 3. The van der Waals surface area contributed by atoms with Crippen LogP contribution in [0.15, 0.2) is 36.4 Å². The summed E-state index contributed by atoms with van der Waals surface area (Å²) in [6.45, 7) is 1.43. The molecule has 3 N–H and O–H groups in total. The second kappa shape index (κ2) is 5.87. The molecular weight excluding hydrogens is 281 g/mol. The van der Waals surface area contributed by atoms with Crippen molar-refractivity contribution in [3.63, 3.8) is 0 Å². The standard InChI is InChI=1S/C15H13F3N2O/c1-8(13-10(16)5-3-6-11(13)17)20-15(21)9-4-2-7-12(18)14(9)19/h2-8H,19H2,1H3,(H,20,21). The Labute approximate surface area is 119 Å². The van der Waals surface area contributed by atoms with Gasteiger partial charge in [0.25, 0.3) is 5.91 Å². The largest absolute Gasteiger partial charge is 0.396 e. The first-order valence-electron chi connectivity index (χ1n) is 6.20. The van der Waals surface area contributed by atoms with Crippen molar-refractivity contribution in [1.29, 1.82) is 0 Å². The van der Waals surface area contributed by atoms with Gasteiger partial charge in [0.15, 0.2) is 0 Å². The second-order valence-electron chi connectivity index (χ2n) is 4.53. The fourth-order valence-corrected chi connectivity index (χ4v) is 2.01. The van der Waals surface area contributed by atoms with Crippen LogP contribution in [0.4, 0.5) is 18.9 Å². The number of nitrogens with one attached hydrogen (secondary N) is 1. The summed E-state index contributed by atoms with van der Waals surface area (Å²) in [6.07, 6.45) is 0. The summed E-state index contributed by atoms with van der Waals surface area (Å²) in [6, 6.07) is 6.27. The lowest BCUT2D eigenvalue weighted by molar-refractivity contribution is 0.0939. The monoisotopic (exact) mass is 294 g/mol. The van der Waals surface area contributed by atoms with Crippen LogP contribution >= 0.6 is 0 Å². The van der Waals surface area contributed by atoms with E-state index >= 15 is 0 Å². The van der Waals surface area contributed by atoms with E-state index in [0.717, 1.165) is 18.2 Å². The van der Waals surface area contributed by atoms with Crippen molar-refractivity contribution in [2.24, 2.45) is 0 Å². The van der Waals surface area contributed by atoms with E-state index in [1.165, 1.54) is 25.1 Å². The SMILES string of the molecule is CC(NC(=O)c1cccc(F)c1N)c1c(F)cccc1F. The Morgan fingerprint density at radius 3 is 2.19 bits per heavy atom. The van der Waals surface area contributed by atoms with Crippen LogP contribution in [0.25, 0.3) is 0 Å². The molecule has 0 aliphatic rings. The maximum absolute atomic E-state index is 13.6. The summed E-state index contributed by atoms with van der Waals surface area (Å²) in [5, 5.41) is 2.40. The van der Waals surface area contributed by atoms with Crippen LogP contribution in [-0.2, 0) is 0 Å². The molecule has 1 amide bonds. The summed E-state index contributed by atoms with van der Waals surface area (Å²) in [5.41, 5.74) is 4.82. The average molecular weight is 294 g/mol. The summed E-state index contributed by atoms with van der Waals surface area (Å²) in [5.74, 6) is -2.97. The number of benzene rings is 2. The molecule has 0 radical (unpaired) electrons. The number of anilines is 1. The Morgan fingerprint density at radius 2 is 1.57 bits per heavy atom. The number of nitrogen functional groups attached to an aromatic ring is 1. The molecule has 0 bridgehead atoms. The molecule has 0 aliphatic heterocycles. The van der Waals surface area contributed by atoms with Crippen molar-refractivity contribution in [2.45, 2.75) is 13.0 Å². The molecule has 1 unspecified atom stereocenters. The predicted molar refractivity (Wildman–Crippen MR) is 73.1 cm³/mol. The van der Waals surface area contributed by atoms with Gasteiger partial charge < -0.3 is 11.1 Å². The average Bonchev–Trinajstić information content (AvgIpc) is 2.41. The highest BCUT2D eigenvalue weighted by molar-refractivity contribution is 5.99. The fraction of sp³-hybridized carbons (Fsp3) is 0.133. The zero-order valence-electron chi connectivity index (χ0n) is 11.2. The molecular formula is C15H13F3N2O. The lowest BCUT2D eigenvalue weighted by Crippen LogP contribution is -2.28. The molecule has 1 atom stereocenters. The first-order valence-corrected chi connectivity index (χ1v) is 6.20. The van der Waals surface area contributed by atoms with Crippen molar-refractivity contribution in [3.8, 4) is 0 Å². The van der Waals surface area contributed by atoms with Gasteiger partial charge in [-0.1, -0.05) is 12.1 Å². The van der Waals surface area contributed by atoms with Gasteiger partial charge in [0.1, 0.15) is 17.5 Å². The molecule has 0 saturated heterocycles. The van der Waals surface area contributed by atoms with Gasteiger partial charge >= 0.3 is 0 Å². The normalized spacial score (nSPS) is 12.0. The number of carbonyl (C=O) groups excluding carboxylic acids is 1. The van der Waals surface area contributed by atoms with E-state index in [9.17, 15) is 18.0 Å². The maximum atomic E-state index is 13.6. The van der Waals surface area contributed by atoms with Crippen LogP contribution in [-0.4, -0.2) is 5.91 Å². The number of nitrogens with two attached hydrogens (primary N) is 1. The van der Waals surface area contributed by atoms with Gasteiger partial charge in [-0.3, -0.25) is 4.79 Å². The van der Waals surface area contributed by atoms with E-state index in [2.05, 4.69) is 5.32 Å². The molecule has 0 saturated carbocycles. The number of carbonyl (C=O) groups is 1. The fourth-order valence-electron chi connectivity index (χ4n) is 2.01. The highest BCUT2D eigenvalue weighted by Gasteiger charge is 2.20. The lowest BCUT2D eigenvalue weighted by Gasteiger charge is -2.16. The van der Waals surface area contributed by atoms with Crippen molar-refractivity contribution >= 4 is 11.6 Å². The third-order valence-corrected chi connectivity index (χ3v) is 3.08. The maximum Gasteiger partial charge on any atom is 0.253 e.